The van der Waals surface area contributed by atoms with E-state index in [9.17, 15) is 0 Å². The predicted molar refractivity (Wildman–Crippen MR) is 81.7 cm³/mol. The number of hydrogen-bond acceptors (Lipinski definition) is 5. The van der Waals surface area contributed by atoms with Gasteiger partial charge in [0.1, 0.15) is 17.6 Å². The summed E-state index contributed by atoms with van der Waals surface area (Å²) in [4.78, 5) is 17.8. The van der Waals surface area contributed by atoms with Gasteiger partial charge in [0, 0.05) is 13.6 Å². The van der Waals surface area contributed by atoms with Crippen molar-refractivity contribution in [3.63, 3.8) is 0 Å². The van der Waals surface area contributed by atoms with Crippen LogP contribution in [0.25, 0.3) is 11.2 Å². The van der Waals surface area contributed by atoms with Crippen molar-refractivity contribution in [3.8, 4) is 5.75 Å². The molecule has 0 aliphatic rings. The number of hydrogen-bond donors (Lipinski definition) is 1. The van der Waals surface area contributed by atoms with E-state index in [2.05, 4.69) is 30.9 Å². The Kier molecular flexibility index (Phi) is 3.68. The number of fused-ring (bicyclic) bond motifs is 1. The molecular formula is C15H17N5O. The minimum atomic E-state index is 0.684. The van der Waals surface area contributed by atoms with Crippen LogP contribution in [0, 0.1) is 0 Å². The van der Waals surface area contributed by atoms with Crippen molar-refractivity contribution in [3.05, 3.63) is 42.5 Å². The van der Waals surface area contributed by atoms with Crippen molar-refractivity contribution in [1.29, 1.82) is 0 Å². The maximum atomic E-state index is 5.38. The Bertz CT molecular complexity index is 740. The zero-order valence-corrected chi connectivity index (χ0v) is 12.1. The van der Waals surface area contributed by atoms with E-state index in [0.29, 0.717) is 5.65 Å². The number of imidazole rings is 1. The van der Waals surface area contributed by atoms with Crippen molar-refractivity contribution in [2.45, 2.75) is 6.42 Å². The molecule has 6 heteroatoms. The molecule has 1 N–H and O–H groups in total. The molecule has 0 saturated heterocycles. The molecule has 2 heterocycles. The highest BCUT2D eigenvalue weighted by Crippen LogP contribution is 2.21. The van der Waals surface area contributed by atoms with Crippen LogP contribution in [-0.2, 0) is 6.42 Å². The highest BCUT2D eigenvalue weighted by Gasteiger charge is 2.11. The summed E-state index contributed by atoms with van der Waals surface area (Å²) in [6, 6.07) is 8.06. The number of rotatable bonds is 5. The Morgan fingerprint density at radius 3 is 2.90 bits per heavy atom. The van der Waals surface area contributed by atoms with E-state index < -0.39 is 0 Å². The number of H-pyrrole nitrogens is 1. The SMILES string of the molecule is COc1ccccc1CCN(C)c1ncnc2nc[nH]c12. The van der Waals surface area contributed by atoms with Crippen LogP contribution in [0.5, 0.6) is 5.75 Å². The molecule has 0 aliphatic carbocycles. The van der Waals surface area contributed by atoms with E-state index in [4.69, 9.17) is 4.74 Å². The zero-order chi connectivity index (χ0) is 14.7. The Morgan fingerprint density at radius 2 is 2.05 bits per heavy atom. The fourth-order valence-corrected chi connectivity index (χ4v) is 2.35. The molecule has 0 atom stereocenters. The number of ether oxygens (including phenoxy) is 1. The number of aromatic amines is 1. The second-order valence-corrected chi connectivity index (χ2v) is 4.78. The molecule has 0 saturated carbocycles. The molecule has 2 aromatic heterocycles. The first kappa shape index (κ1) is 13.4. The normalized spacial score (nSPS) is 10.8. The van der Waals surface area contributed by atoms with Gasteiger partial charge in [-0.15, -0.1) is 0 Å². The van der Waals surface area contributed by atoms with Crippen LogP contribution >= 0.6 is 0 Å². The maximum Gasteiger partial charge on any atom is 0.182 e. The standard InChI is InChI=1S/C15H17N5O/c1-20(8-7-11-5-3-4-6-12(11)21-2)15-13-14(17-9-16-13)18-10-19-15/h3-6,9-10H,7-8H2,1-2H3,(H,16,17,18,19). The Hall–Kier alpha value is -2.63. The van der Waals surface area contributed by atoms with Gasteiger partial charge in [0.05, 0.1) is 13.4 Å². The molecule has 0 unspecified atom stereocenters. The lowest BCUT2D eigenvalue weighted by molar-refractivity contribution is 0.409. The summed E-state index contributed by atoms with van der Waals surface area (Å²) in [6.45, 7) is 0.825. The number of aromatic nitrogens is 4. The molecule has 0 radical (unpaired) electrons. The molecule has 0 fully saturated rings. The summed E-state index contributed by atoms with van der Waals surface area (Å²) in [5, 5.41) is 0. The lowest BCUT2D eigenvalue weighted by Crippen LogP contribution is -2.22. The van der Waals surface area contributed by atoms with E-state index in [-0.39, 0.29) is 0 Å². The van der Waals surface area contributed by atoms with Gasteiger partial charge in [-0.2, -0.15) is 0 Å². The van der Waals surface area contributed by atoms with Gasteiger partial charge in [-0.25, -0.2) is 15.0 Å². The molecule has 0 amide bonds. The summed E-state index contributed by atoms with van der Waals surface area (Å²) in [5.41, 5.74) is 2.73. The molecule has 3 aromatic rings. The lowest BCUT2D eigenvalue weighted by atomic mass is 10.1. The molecule has 0 bridgehead atoms. The highest BCUT2D eigenvalue weighted by molar-refractivity contribution is 5.82. The Balaban J connectivity index is 1.77. The summed E-state index contributed by atoms with van der Waals surface area (Å²) in [7, 11) is 3.71. The summed E-state index contributed by atoms with van der Waals surface area (Å²) < 4.78 is 5.38. The molecule has 6 nitrogen and oxygen atoms in total. The van der Waals surface area contributed by atoms with Crippen LogP contribution < -0.4 is 9.64 Å². The summed E-state index contributed by atoms with van der Waals surface area (Å²) in [6.07, 6.45) is 4.05. The van der Waals surface area contributed by atoms with Gasteiger partial charge < -0.3 is 14.6 Å². The van der Waals surface area contributed by atoms with Crippen molar-refractivity contribution >= 4 is 17.0 Å². The number of nitrogens with zero attached hydrogens (tertiary/aromatic N) is 4. The number of methoxy groups -OCH3 is 1. The largest absolute Gasteiger partial charge is 0.496 e. The van der Waals surface area contributed by atoms with Crippen LogP contribution in [0.15, 0.2) is 36.9 Å². The van der Waals surface area contributed by atoms with Gasteiger partial charge in [-0.1, -0.05) is 18.2 Å². The average molecular weight is 283 g/mol. The molecule has 0 spiro atoms. The number of benzene rings is 1. The molecule has 0 aliphatic heterocycles. The minimum Gasteiger partial charge on any atom is -0.496 e. The third-order valence-electron chi connectivity index (χ3n) is 3.47. The van der Waals surface area contributed by atoms with Gasteiger partial charge in [0.25, 0.3) is 0 Å². The highest BCUT2D eigenvalue weighted by atomic mass is 16.5. The fourth-order valence-electron chi connectivity index (χ4n) is 2.35. The molecule has 21 heavy (non-hydrogen) atoms. The lowest BCUT2D eigenvalue weighted by Gasteiger charge is -2.19. The monoisotopic (exact) mass is 283 g/mol. The first-order chi connectivity index (χ1) is 10.3. The van der Waals surface area contributed by atoms with Gasteiger partial charge in [0.2, 0.25) is 0 Å². The van der Waals surface area contributed by atoms with E-state index in [1.54, 1.807) is 13.4 Å². The molecule has 108 valence electrons. The van der Waals surface area contributed by atoms with E-state index >= 15 is 0 Å². The van der Waals surface area contributed by atoms with Crippen LogP contribution in [0.1, 0.15) is 5.56 Å². The van der Waals surface area contributed by atoms with Gasteiger partial charge >= 0.3 is 0 Å². The third-order valence-corrected chi connectivity index (χ3v) is 3.47. The Morgan fingerprint density at radius 1 is 1.19 bits per heavy atom. The van der Waals surface area contributed by atoms with Crippen LogP contribution in [0.3, 0.4) is 0 Å². The van der Waals surface area contributed by atoms with Gasteiger partial charge in [-0.05, 0) is 18.1 Å². The van der Waals surface area contributed by atoms with Crippen LogP contribution in [-0.4, -0.2) is 40.6 Å². The Labute approximate surface area is 122 Å². The topological polar surface area (TPSA) is 66.9 Å². The average Bonchev–Trinajstić information content (AvgIpc) is 3.01. The van der Waals surface area contributed by atoms with E-state index in [0.717, 1.165) is 30.0 Å². The number of anilines is 1. The van der Waals surface area contributed by atoms with Crippen molar-refractivity contribution in [2.75, 3.05) is 25.6 Å². The second-order valence-electron chi connectivity index (χ2n) is 4.78. The predicted octanol–water partition coefficient (Wildman–Crippen LogP) is 2.04. The smallest absolute Gasteiger partial charge is 0.182 e. The van der Waals surface area contributed by atoms with Crippen LogP contribution in [0.4, 0.5) is 5.82 Å². The zero-order valence-electron chi connectivity index (χ0n) is 12.1. The quantitative estimate of drug-likeness (QED) is 0.776. The van der Waals surface area contributed by atoms with E-state index in [1.807, 2.05) is 25.2 Å². The van der Waals surface area contributed by atoms with Crippen LogP contribution in [0.2, 0.25) is 0 Å². The molecule has 3 rings (SSSR count). The maximum absolute atomic E-state index is 5.38. The van der Waals surface area contributed by atoms with E-state index in [1.165, 1.54) is 11.9 Å². The third kappa shape index (κ3) is 2.65. The number of nitrogens with one attached hydrogen (secondary N) is 1. The van der Waals surface area contributed by atoms with Crippen molar-refractivity contribution in [2.24, 2.45) is 0 Å². The fraction of sp³-hybridized carbons (Fsp3) is 0.267. The molecular weight excluding hydrogens is 266 g/mol. The summed E-state index contributed by atoms with van der Waals surface area (Å²) in [5.74, 6) is 1.77. The molecule has 1 aromatic carbocycles. The van der Waals surface area contributed by atoms with Crippen molar-refractivity contribution < 1.29 is 4.74 Å². The van der Waals surface area contributed by atoms with Crippen molar-refractivity contribution in [1.82, 2.24) is 19.9 Å². The number of para-hydroxylation sites is 1. The number of likely N-dealkylation sites (N-methyl/N-ethyl adjacent to an activating group) is 1. The first-order valence-corrected chi connectivity index (χ1v) is 6.76. The van der Waals surface area contributed by atoms with Gasteiger partial charge in [-0.3, -0.25) is 0 Å². The first-order valence-electron chi connectivity index (χ1n) is 6.76. The summed E-state index contributed by atoms with van der Waals surface area (Å²) >= 11 is 0. The van der Waals surface area contributed by atoms with Gasteiger partial charge in [0.15, 0.2) is 11.5 Å². The second kappa shape index (κ2) is 5.78. The minimum absolute atomic E-state index is 0.684.